The molecule has 1 saturated heterocycles. The first-order valence-electron chi connectivity index (χ1n) is 9.19. The van der Waals surface area contributed by atoms with Gasteiger partial charge in [0, 0.05) is 23.4 Å². The maximum atomic E-state index is 6.19. The highest BCUT2D eigenvalue weighted by atomic mass is 16.7. The summed E-state index contributed by atoms with van der Waals surface area (Å²) in [6.45, 7) is 10.5. The van der Waals surface area contributed by atoms with Gasteiger partial charge in [0.25, 0.3) is 0 Å². The average molecular weight is 335 g/mol. The molecule has 1 aliphatic heterocycles. The van der Waals surface area contributed by atoms with Gasteiger partial charge in [-0.2, -0.15) is 0 Å². The average Bonchev–Trinajstić information content (AvgIpc) is 3.35. The van der Waals surface area contributed by atoms with Crippen molar-refractivity contribution in [2.75, 3.05) is 0 Å². The Morgan fingerprint density at radius 2 is 1.60 bits per heavy atom. The lowest BCUT2D eigenvalue weighted by Crippen LogP contribution is -2.41. The second kappa shape index (κ2) is 5.68. The molecule has 2 heterocycles. The maximum absolute atomic E-state index is 6.19. The van der Waals surface area contributed by atoms with Crippen LogP contribution in [0.2, 0.25) is 0 Å². The quantitative estimate of drug-likeness (QED) is 0.787. The van der Waals surface area contributed by atoms with E-state index in [1.54, 1.807) is 0 Å². The van der Waals surface area contributed by atoms with Gasteiger partial charge in [-0.1, -0.05) is 29.8 Å². The molecule has 0 atom stereocenters. The predicted octanol–water partition coefficient (Wildman–Crippen LogP) is 4.23. The molecule has 1 aromatic carbocycles. The van der Waals surface area contributed by atoms with E-state index in [9.17, 15) is 0 Å². The fourth-order valence-corrected chi connectivity index (χ4v) is 3.29. The molecule has 0 amide bonds. The zero-order valence-corrected chi connectivity index (χ0v) is 15.8. The van der Waals surface area contributed by atoms with Crippen molar-refractivity contribution in [2.45, 2.75) is 64.6 Å². The van der Waals surface area contributed by atoms with Gasteiger partial charge in [-0.05, 0) is 64.6 Å². The van der Waals surface area contributed by atoms with Crippen LogP contribution in [-0.2, 0) is 9.31 Å². The number of nitrogens with zero attached hydrogens (tertiary/aromatic N) is 1. The van der Waals surface area contributed by atoms with Gasteiger partial charge >= 0.3 is 7.12 Å². The van der Waals surface area contributed by atoms with E-state index in [0.29, 0.717) is 5.92 Å². The Hall–Kier alpha value is -1.65. The summed E-state index contributed by atoms with van der Waals surface area (Å²) in [5.74, 6) is 0.696. The summed E-state index contributed by atoms with van der Waals surface area (Å²) in [5.41, 5.74) is 5.23. The molecule has 0 bridgehead atoms. The lowest BCUT2D eigenvalue weighted by Gasteiger charge is -2.32. The molecular weight excluding hydrogens is 309 g/mol. The zero-order chi connectivity index (χ0) is 17.8. The minimum Gasteiger partial charge on any atom is -0.399 e. The van der Waals surface area contributed by atoms with E-state index in [2.05, 4.69) is 69.9 Å². The highest BCUT2D eigenvalue weighted by Crippen LogP contribution is 2.39. The number of pyridine rings is 1. The van der Waals surface area contributed by atoms with Gasteiger partial charge < -0.3 is 9.31 Å². The summed E-state index contributed by atoms with van der Waals surface area (Å²) in [6.07, 6.45) is 4.57. The second-order valence-electron chi connectivity index (χ2n) is 8.41. The Morgan fingerprint density at radius 1 is 0.960 bits per heavy atom. The molecule has 0 N–H and O–H groups in total. The number of hydrogen-bond donors (Lipinski definition) is 0. The molecule has 2 aromatic rings. The van der Waals surface area contributed by atoms with Crippen LogP contribution in [0.4, 0.5) is 0 Å². The molecule has 0 spiro atoms. The molecule has 2 aliphatic rings. The van der Waals surface area contributed by atoms with Crippen molar-refractivity contribution in [2.24, 2.45) is 0 Å². The van der Waals surface area contributed by atoms with E-state index in [1.807, 2.05) is 6.20 Å². The first-order chi connectivity index (χ1) is 11.8. The van der Waals surface area contributed by atoms with Gasteiger partial charge in [-0.3, -0.25) is 4.98 Å². The molecular formula is C21H26BNO2. The molecule has 1 saturated carbocycles. The minimum absolute atomic E-state index is 0.311. The standard InChI is InChI=1S/C21H26BNO2/c1-14-12-16(17-9-11-19(23-13-17)15-6-7-15)8-10-18(14)22-24-20(2,3)21(4,5)25-22/h8-13,15H,6-7H2,1-5H3. The molecule has 0 unspecified atom stereocenters. The Bertz CT molecular complexity index is 778. The summed E-state index contributed by atoms with van der Waals surface area (Å²) in [5, 5.41) is 0. The van der Waals surface area contributed by atoms with Crippen molar-refractivity contribution < 1.29 is 9.31 Å². The monoisotopic (exact) mass is 335 g/mol. The summed E-state index contributed by atoms with van der Waals surface area (Å²) in [7, 11) is -0.311. The zero-order valence-electron chi connectivity index (χ0n) is 15.8. The Labute approximate surface area is 150 Å². The van der Waals surface area contributed by atoms with Crippen LogP contribution in [0.25, 0.3) is 11.1 Å². The molecule has 130 valence electrons. The van der Waals surface area contributed by atoms with Crippen molar-refractivity contribution in [1.82, 2.24) is 4.98 Å². The molecule has 0 radical (unpaired) electrons. The number of aryl methyl sites for hydroxylation is 1. The first-order valence-corrected chi connectivity index (χ1v) is 9.19. The Balaban J connectivity index is 1.59. The number of hydrogen-bond acceptors (Lipinski definition) is 3. The van der Waals surface area contributed by atoms with Crippen LogP contribution in [0, 0.1) is 6.92 Å². The smallest absolute Gasteiger partial charge is 0.399 e. The Kier molecular flexibility index (Phi) is 3.82. The third kappa shape index (κ3) is 3.02. The van der Waals surface area contributed by atoms with Gasteiger partial charge in [0.1, 0.15) is 0 Å². The van der Waals surface area contributed by atoms with Crippen LogP contribution in [0.15, 0.2) is 36.5 Å². The van der Waals surface area contributed by atoms with E-state index < -0.39 is 0 Å². The maximum Gasteiger partial charge on any atom is 0.495 e. The van der Waals surface area contributed by atoms with Crippen molar-refractivity contribution in [3.8, 4) is 11.1 Å². The number of aromatic nitrogens is 1. The van der Waals surface area contributed by atoms with E-state index in [0.717, 1.165) is 11.0 Å². The first kappa shape index (κ1) is 16.8. The highest BCUT2D eigenvalue weighted by Gasteiger charge is 2.52. The number of benzene rings is 1. The highest BCUT2D eigenvalue weighted by molar-refractivity contribution is 6.62. The van der Waals surface area contributed by atoms with Crippen LogP contribution < -0.4 is 5.46 Å². The lowest BCUT2D eigenvalue weighted by atomic mass is 9.75. The largest absolute Gasteiger partial charge is 0.495 e. The molecule has 4 rings (SSSR count). The summed E-state index contributed by atoms with van der Waals surface area (Å²) in [6, 6.07) is 10.8. The molecule has 3 nitrogen and oxygen atoms in total. The van der Waals surface area contributed by atoms with E-state index in [4.69, 9.17) is 9.31 Å². The number of rotatable bonds is 3. The molecule has 1 aromatic heterocycles. The van der Waals surface area contributed by atoms with Gasteiger partial charge in [-0.25, -0.2) is 0 Å². The molecule has 2 fully saturated rings. The SMILES string of the molecule is Cc1cc(-c2ccc(C3CC3)nc2)ccc1B1OC(C)(C)C(C)(C)O1. The van der Waals surface area contributed by atoms with Crippen molar-refractivity contribution in [3.05, 3.63) is 47.8 Å². The molecule has 1 aliphatic carbocycles. The van der Waals surface area contributed by atoms with Gasteiger partial charge in [0.05, 0.1) is 11.2 Å². The fraction of sp³-hybridized carbons (Fsp3) is 0.476. The van der Waals surface area contributed by atoms with E-state index in [-0.39, 0.29) is 18.3 Å². The van der Waals surface area contributed by atoms with E-state index >= 15 is 0 Å². The normalized spacial score (nSPS) is 21.6. The molecule has 25 heavy (non-hydrogen) atoms. The topological polar surface area (TPSA) is 31.4 Å². The second-order valence-corrected chi connectivity index (χ2v) is 8.41. The summed E-state index contributed by atoms with van der Waals surface area (Å²) >= 11 is 0. The molecule has 4 heteroatoms. The Morgan fingerprint density at radius 3 is 2.12 bits per heavy atom. The van der Waals surface area contributed by atoms with Gasteiger partial charge in [-0.15, -0.1) is 0 Å². The third-order valence-electron chi connectivity index (χ3n) is 5.89. The summed E-state index contributed by atoms with van der Waals surface area (Å²) < 4.78 is 12.4. The van der Waals surface area contributed by atoms with Crippen molar-refractivity contribution in [3.63, 3.8) is 0 Å². The minimum atomic E-state index is -0.314. The van der Waals surface area contributed by atoms with Crippen LogP contribution in [0.5, 0.6) is 0 Å². The third-order valence-corrected chi connectivity index (χ3v) is 5.89. The predicted molar refractivity (Wildman–Crippen MR) is 102 cm³/mol. The van der Waals surface area contributed by atoms with Crippen molar-refractivity contribution in [1.29, 1.82) is 0 Å². The van der Waals surface area contributed by atoms with Gasteiger partial charge in [0.2, 0.25) is 0 Å². The van der Waals surface area contributed by atoms with Crippen molar-refractivity contribution >= 4 is 12.6 Å². The van der Waals surface area contributed by atoms with E-state index in [1.165, 1.54) is 29.7 Å². The summed E-state index contributed by atoms with van der Waals surface area (Å²) in [4.78, 5) is 4.64. The van der Waals surface area contributed by atoms with Crippen LogP contribution in [0.3, 0.4) is 0 Å². The lowest BCUT2D eigenvalue weighted by molar-refractivity contribution is 0.00578. The van der Waals surface area contributed by atoms with Gasteiger partial charge in [0.15, 0.2) is 0 Å². The van der Waals surface area contributed by atoms with Crippen LogP contribution in [-0.4, -0.2) is 23.3 Å². The van der Waals surface area contributed by atoms with Crippen LogP contribution in [0.1, 0.15) is 57.7 Å². The van der Waals surface area contributed by atoms with Crippen LogP contribution >= 0.6 is 0 Å². The fourth-order valence-electron chi connectivity index (χ4n) is 3.29.